The van der Waals surface area contributed by atoms with Crippen LogP contribution in [0.5, 0.6) is 0 Å². The van der Waals surface area contributed by atoms with Crippen molar-refractivity contribution in [3.05, 3.63) is 11.4 Å². The van der Waals surface area contributed by atoms with Crippen LogP contribution in [-0.2, 0) is 19.4 Å². The minimum atomic E-state index is 1.03. The van der Waals surface area contributed by atoms with Gasteiger partial charge in [0.25, 0.3) is 0 Å². The Balaban J connectivity index is 2.19. The van der Waals surface area contributed by atoms with Gasteiger partial charge < -0.3 is 0 Å². The van der Waals surface area contributed by atoms with E-state index in [0.29, 0.717) is 0 Å². The third-order valence-electron chi connectivity index (χ3n) is 2.93. The highest BCUT2D eigenvalue weighted by Gasteiger charge is 2.13. The van der Waals surface area contributed by atoms with Crippen LogP contribution in [0.25, 0.3) is 0 Å². The fourth-order valence-corrected chi connectivity index (χ4v) is 2.17. The Bertz CT molecular complexity index is 277. The third-order valence-corrected chi connectivity index (χ3v) is 2.93. The molecule has 0 spiro atoms. The average Bonchev–Trinajstić information content (AvgIpc) is 2.48. The molecule has 78 valence electrons. The molecule has 1 aliphatic carbocycles. The molecule has 3 nitrogen and oxygen atoms in total. The zero-order valence-electron chi connectivity index (χ0n) is 9.00. The van der Waals surface area contributed by atoms with Gasteiger partial charge in [0.15, 0.2) is 0 Å². The number of hydrogen-bond donors (Lipinski definition) is 0. The molecule has 0 saturated heterocycles. The Kier molecular flexibility index (Phi) is 3.17. The number of fused-ring (bicyclic) bond motifs is 1. The summed E-state index contributed by atoms with van der Waals surface area (Å²) in [6, 6.07) is 0. The van der Waals surface area contributed by atoms with E-state index in [2.05, 4.69) is 21.9 Å². The minimum Gasteiger partial charge on any atom is -0.249 e. The van der Waals surface area contributed by atoms with Crippen molar-refractivity contribution in [1.82, 2.24) is 15.0 Å². The first kappa shape index (κ1) is 9.69. The van der Waals surface area contributed by atoms with E-state index in [4.69, 9.17) is 0 Å². The molecule has 14 heavy (non-hydrogen) atoms. The van der Waals surface area contributed by atoms with E-state index in [1.54, 1.807) is 0 Å². The molecule has 0 fully saturated rings. The first-order valence-electron chi connectivity index (χ1n) is 5.83. The van der Waals surface area contributed by atoms with E-state index in [0.717, 1.165) is 19.4 Å². The van der Waals surface area contributed by atoms with Crippen LogP contribution in [0, 0.1) is 0 Å². The van der Waals surface area contributed by atoms with E-state index in [1.165, 1.54) is 43.5 Å². The molecule has 0 aromatic carbocycles. The fraction of sp³-hybridized carbons (Fsp3) is 0.818. The number of rotatable bonds is 2. The maximum atomic E-state index is 4.29. The van der Waals surface area contributed by atoms with Gasteiger partial charge in [-0.25, -0.2) is 4.68 Å². The van der Waals surface area contributed by atoms with Crippen molar-refractivity contribution in [2.45, 2.75) is 58.4 Å². The van der Waals surface area contributed by atoms with Crippen LogP contribution in [0.3, 0.4) is 0 Å². The lowest BCUT2D eigenvalue weighted by Gasteiger charge is -2.10. The van der Waals surface area contributed by atoms with E-state index >= 15 is 0 Å². The summed E-state index contributed by atoms with van der Waals surface area (Å²) in [4.78, 5) is 0. The predicted molar refractivity (Wildman–Crippen MR) is 56.2 cm³/mol. The summed E-state index contributed by atoms with van der Waals surface area (Å²) in [5.41, 5.74) is 2.67. The molecule has 0 radical (unpaired) electrons. The highest BCUT2D eigenvalue weighted by atomic mass is 15.4. The van der Waals surface area contributed by atoms with E-state index in [1.807, 2.05) is 0 Å². The van der Waals surface area contributed by atoms with Crippen molar-refractivity contribution in [3.8, 4) is 0 Å². The van der Waals surface area contributed by atoms with Crippen LogP contribution < -0.4 is 0 Å². The highest BCUT2D eigenvalue weighted by Crippen LogP contribution is 2.18. The third kappa shape index (κ3) is 1.97. The molecule has 1 aromatic heterocycles. The Labute approximate surface area is 85.5 Å². The van der Waals surface area contributed by atoms with Crippen LogP contribution in [0.15, 0.2) is 0 Å². The highest BCUT2D eigenvalue weighted by molar-refractivity contribution is 5.11. The van der Waals surface area contributed by atoms with E-state index in [9.17, 15) is 0 Å². The van der Waals surface area contributed by atoms with Crippen molar-refractivity contribution < 1.29 is 0 Å². The van der Waals surface area contributed by atoms with Gasteiger partial charge >= 0.3 is 0 Å². The molecule has 1 heterocycles. The van der Waals surface area contributed by atoms with E-state index < -0.39 is 0 Å². The van der Waals surface area contributed by atoms with Gasteiger partial charge in [-0.05, 0) is 32.1 Å². The number of aryl methyl sites for hydroxylation is 2. The van der Waals surface area contributed by atoms with Gasteiger partial charge in [-0.3, -0.25) is 0 Å². The second-order valence-electron chi connectivity index (χ2n) is 4.12. The molecule has 0 N–H and O–H groups in total. The van der Waals surface area contributed by atoms with Crippen molar-refractivity contribution in [2.75, 3.05) is 0 Å². The fourth-order valence-electron chi connectivity index (χ4n) is 2.17. The first-order chi connectivity index (χ1) is 6.92. The minimum absolute atomic E-state index is 1.03. The molecule has 1 aliphatic rings. The van der Waals surface area contributed by atoms with Gasteiger partial charge in [-0.2, -0.15) is 0 Å². The van der Waals surface area contributed by atoms with Crippen LogP contribution in [0.1, 0.15) is 50.4 Å². The Morgan fingerprint density at radius 3 is 2.71 bits per heavy atom. The maximum Gasteiger partial charge on any atom is 0.0859 e. The van der Waals surface area contributed by atoms with Gasteiger partial charge in [-0.1, -0.05) is 25.0 Å². The van der Waals surface area contributed by atoms with Crippen molar-refractivity contribution in [1.29, 1.82) is 0 Å². The molecule has 0 atom stereocenters. The van der Waals surface area contributed by atoms with Crippen LogP contribution in [0.4, 0.5) is 0 Å². The average molecular weight is 193 g/mol. The van der Waals surface area contributed by atoms with Crippen molar-refractivity contribution in [3.63, 3.8) is 0 Å². The maximum absolute atomic E-state index is 4.29. The summed E-state index contributed by atoms with van der Waals surface area (Å²) in [5, 5.41) is 8.53. The number of hydrogen-bond acceptors (Lipinski definition) is 2. The van der Waals surface area contributed by atoms with Crippen LogP contribution >= 0.6 is 0 Å². The normalized spacial score (nSPS) is 17.2. The van der Waals surface area contributed by atoms with Gasteiger partial charge in [0, 0.05) is 6.54 Å². The Hall–Kier alpha value is -0.860. The molecule has 3 heteroatoms. The molecule has 1 aromatic rings. The molecule has 0 saturated carbocycles. The number of nitrogens with zero attached hydrogens (tertiary/aromatic N) is 3. The lowest BCUT2D eigenvalue weighted by Crippen LogP contribution is -2.07. The zero-order chi connectivity index (χ0) is 9.80. The summed E-state index contributed by atoms with van der Waals surface area (Å²) in [6.07, 6.45) is 8.80. The lowest BCUT2D eigenvalue weighted by molar-refractivity contribution is 0.537. The van der Waals surface area contributed by atoms with Gasteiger partial charge in [0.05, 0.1) is 11.4 Å². The van der Waals surface area contributed by atoms with Crippen molar-refractivity contribution in [2.24, 2.45) is 0 Å². The first-order valence-corrected chi connectivity index (χ1v) is 5.83. The SMILES string of the molecule is CCCn1nnc2c1CCCCCC2. The van der Waals surface area contributed by atoms with Crippen LogP contribution in [-0.4, -0.2) is 15.0 Å². The standard InChI is InChI=1S/C11H19N3/c1-2-9-14-11-8-6-4-3-5-7-10(11)12-13-14/h2-9H2,1H3. The monoisotopic (exact) mass is 193 g/mol. The summed E-state index contributed by atoms with van der Waals surface area (Å²) in [7, 11) is 0. The lowest BCUT2D eigenvalue weighted by atomic mass is 10.0. The summed E-state index contributed by atoms with van der Waals surface area (Å²) in [6.45, 7) is 3.22. The quantitative estimate of drug-likeness (QED) is 0.721. The zero-order valence-corrected chi connectivity index (χ0v) is 9.00. The summed E-state index contributed by atoms with van der Waals surface area (Å²) < 4.78 is 2.11. The molecule has 0 bridgehead atoms. The largest absolute Gasteiger partial charge is 0.249 e. The molecule has 2 rings (SSSR count). The Morgan fingerprint density at radius 2 is 1.93 bits per heavy atom. The van der Waals surface area contributed by atoms with Gasteiger partial charge in [0.2, 0.25) is 0 Å². The second kappa shape index (κ2) is 4.58. The smallest absolute Gasteiger partial charge is 0.0859 e. The summed E-state index contributed by atoms with van der Waals surface area (Å²) >= 11 is 0. The number of aromatic nitrogens is 3. The second-order valence-corrected chi connectivity index (χ2v) is 4.12. The van der Waals surface area contributed by atoms with Crippen LogP contribution in [0.2, 0.25) is 0 Å². The Morgan fingerprint density at radius 1 is 1.14 bits per heavy atom. The predicted octanol–water partition coefficient (Wildman–Crippen LogP) is 2.35. The van der Waals surface area contributed by atoms with E-state index in [-0.39, 0.29) is 0 Å². The molecular weight excluding hydrogens is 174 g/mol. The van der Waals surface area contributed by atoms with Crippen molar-refractivity contribution >= 4 is 0 Å². The topological polar surface area (TPSA) is 30.7 Å². The van der Waals surface area contributed by atoms with Gasteiger partial charge in [-0.15, -0.1) is 5.10 Å². The molecule has 0 aliphatic heterocycles. The summed E-state index contributed by atoms with van der Waals surface area (Å²) in [5.74, 6) is 0. The van der Waals surface area contributed by atoms with Gasteiger partial charge in [0.1, 0.15) is 0 Å². The molecule has 0 unspecified atom stereocenters. The molecular formula is C11H19N3. The molecule has 0 amide bonds.